The zero-order chi connectivity index (χ0) is 15.7. The lowest BCUT2D eigenvalue weighted by Crippen LogP contribution is -2.41. The maximum atomic E-state index is 12.2. The lowest BCUT2D eigenvalue weighted by atomic mass is 9.68. The maximum absolute atomic E-state index is 12.2. The van der Waals surface area contributed by atoms with E-state index in [1.54, 1.807) is 20.8 Å². The van der Waals surface area contributed by atoms with Gasteiger partial charge in [-0.15, -0.1) is 0 Å². The fraction of sp³-hybridized carbons (Fsp3) is 0.667. The Kier molecular flexibility index (Phi) is 4.73. The normalized spacial score (nSPS) is 23.2. The minimum absolute atomic E-state index is 0.00890. The van der Waals surface area contributed by atoms with Crippen LogP contribution in [0.1, 0.15) is 41.0 Å². The van der Waals surface area contributed by atoms with Crippen molar-refractivity contribution in [3.8, 4) is 0 Å². The van der Waals surface area contributed by atoms with Crippen LogP contribution in [0.4, 0.5) is 0 Å². The number of aliphatic hydroxyl groups excluding tert-OH is 1. The van der Waals surface area contributed by atoms with Gasteiger partial charge < -0.3 is 9.84 Å². The maximum Gasteiger partial charge on any atom is 0.316 e. The molecule has 0 aromatic heterocycles. The largest absolute Gasteiger partial charge is 0.511 e. The lowest BCUT2D eigenvalue weighted by molar-refractivity contribution is -0.150. The molecule has 1 unspecified atom stereocenters. The number of carbonyl (C=O) groups excluding carboxylic acids is 2. The quantitative estimate of drug-likeness (QED) is 0.637. The molecule has 0 amide bonds. The van der Waals surface area contributed by atoms with Crippen molar-refractivity contribution in [2.24, 2.45) is 16.3 Å². The fourth-order valence-electron chi connectivity index (χ4n) is 2.65. The molecule has 0 bridgehead atoms. The summed E-state index contributed by atoms with van der Waals surface area (Å²) in [6.07, 6.45) is 0.178. The second-order valence-corrected chi connectivity index (χ2v) is 6.11. The molecule has 1 aliphatic rings. The summed E-state index contributed by atoms with van der Waals surface area (Å²) in [5.41, 5.74) is -0.0455. The van der Waals surface area contributed by atoms with Crippen molar-refractivity contribution >= 4 is 17.5 Å². The average molecular weight is 281 g/mol. The van der Waals surface area contributed by atoms with Gasteiger partial charge in [-0.25, -0.2) is 0 Å². The molecular formula is C15H23NO4. The van der Waals surface area contributed by atoms with Gasteiger partial charge in [0, 0.05) is 18.2 Å². The van der Waals surface area contributed by atoms with Crippen LogP contribution in [0.15, 0.2) is 16.3 Å². The fourth-order valence-corrected chi connectivity index (χ4v) is 2.65. The third-order valence-corrected chi connectivity index (χ3v) is 3.46. The summed E-state index contributed by atoms with van der Waals surface area (Å²) in [6.45, 7) is 8.99. The zero-order valence-electron chi connectivity index (χ0n) is 13.0. The highest BCUT2D eigenvalue weighted by Gasteiger charge is 2.47. The number of ether oxygens (including phenoxy) is 1. The summed E-state index contributed by atoms with van der Waals surface area (Å²) in [5.74, 6) is -1.78. The van der Waals surface area contributed by atoms with E-state index >= 15 is 0 Å². The molecular weight excluding hydrogens is 258 g/mol. The summed E-state index contributed by atoms with van der Waals surface area (Å²) >= 11 is 0. The summed E-state index contributed by atoms with van der Waals surface area (Å²) in [6, 6.07) is 0.00890. The molecule has 20 heavy (non-hydrogen) atoms. The van der Waals surface area contributed by atoms with Gasteiger partial charge in [0.1, 0.15) is 11.7 Å². The van der Waals surface area contributed by atoms with Gasteiger partial charge in [0.05, 0.1) is 12.7 Å². The number of allylic oxidation sites excluding steroid dienone is 1. The highest BCUT2D eigenvalue weighted by Crippen LogP contribution is 2.42. The van der Waals surface area contributed by atoms with Gasteiger partial charge in [-0.3, -0.25) is 14.6 Å². The van der Waals surface area contributed by atoms with Crippen molar-refractivity contribution < 1.29 is 19.4 Å². The van der Waals surface area contributed by atoms with E-state index < -0.39 is 17.3 Å². The zero-order valence-corrected chi connectivity index (χ0v) is 13.0. The molecule has 1 atom stereocenters. The van der Waals surface area contributed by atoms with E-state index in [1.807, 2.05) is 13.8 Å². The first-order chi connectivity index (χ1) is 9.11. The van der Waals surface area contributed by atoms with Crippen LogP contribution in [0, 0.1) is 11.3 Å². The minimum atomic E-state index is -0.836. The van der Waals surface area contributed by atoms with Gasteiger partial charge >= 0.3 is 5.97 Å². The van der Waals surface area contributed by atoms with Crippen molar-refractivity contribution in [1.29, 1.82) is 0 Å². The Bertz CT molecular complexity index is 486. The average Bonchev–Trinajstić information content (AvgIpc) is 2.25. The molecule has 0 spiro atoms. The van der Waals surface area contributed by atoms with Gasteiger partial charge in [-0.05, 0) is 26.2 Å². The van der Waals surface area contributed by atoms with Crippen molar-refractivity contribution in [2.45, 2.75) is 47.1 Å². The van der Waals surface area contributed by atoms with Crippen molar-refractivity contribution in [2.75, 3.05) is 7.11 Å². The van der Waals surface area contributed by atoms with E-state index in [9.17, 15) is 14.7 Å². The third kappa shape index (κ3) is 3.08. The second-order valence-electron chi connectivity index (χ2n) is 6.11. The Morgan fingerprint density at radius 1 is 1.45 bits per heavy atom. The third-order valence-electron chi connectivity index (χ3n) is 3.46. The number of aliphatic hydroxyl groups is 1. The Labute approximate surface area is 119 Å². The Morgan fingerprint density at radius 3 is 2.45 bits per heavy atom. The van der Waals surface area contributed by atoms with E-state index in [4.69, 9.17) is 4.74 Å². The van der Waals surface area contributed by atoms with Crippen LogP contribution in [0.3, 0.4) is 0 Å². The molecule has 0 fully saturated rings. The molecule has 0 saturated carbocycles. The number of Topliss-reactive ketones (excluding diaryl/α,β-unsaturated/α-hetero) is 1. The summed E-state index contributed by atoms with van der Waals surface area (Å²) in [5, 5.41) is 10.4. The number of hydrogen-bond donors (Lipinski definition) is 1. The van der Waals surface area contributed by atoms with Crippen molar-refractivity contribution in [1.82, 2.24) is 0 Å². The van der Waals surface area contributed by atoms with E-state index in [0.717, 1.165) is 0 Å². The molecule has 1 N–H and O–H groups in total. The van der Waals surface area contributed by atoms with Crippen LogP contribution in [-0.4, -0.2) is 35.7 Å². The summed E-state index contributed by atoms with van der Waals surface area (Å²) in [7, 11) is 1.27. The SMILES string of the molecule is COC(=O)C1C(O)=C(C(C)=NC(C)C)C(=O)CC1(C)C. The first-order valence-corrected chi connectivity index (χ1v) is 6.70. The van der Waals surface area contributed by atoms with E-state index in [-0.39, 0.29) is 29.6 Å². The van der Waals surface area contributed by atoms with Crippen molar-refractivity contribution in [3.05, 3.63) is 11.3 Å². The number of ketones is 1. The molecule has 0 aliphatic heterocycles. The topological polar surface area (TPSA) is 76.0 Å². The Hall–Kier alpha value is -1.65. The standard InChI is InChI=1S/C15H23NO4/c1-8(2)16-9(3)11-10(17)7-15(4,5)12(13(11)18)14(19)20-6/h8,12,18H,7H2,1-6H3. The molecule has 5 nitrogen and oxygen atoms in total. The molecule has 112 valence electrons. The molecule has 0 aromatic carbocycles. The molecule has 0 radical (unpaired) electrons. The number of hydrogen-bond acceptors (Lipinski definition) is 5. The van der Waals surface area contributed by atoms with Crippen LogP contribution >= 0.6 is 0 Å². The predicted molar refractivity (Wildman–Crippen MR) is 76.8 cm³/mol. The van der Waals surface area contributed by atoms with Crippen LogP contribution in [0.5, 0.6) is 0 Å². The van der Waals surface area contributed by atoms with Gasteiger partial charge in [-0.2, -0.15) is 0 Å². The monoisotopic (exact) mass is 281 g/mol. The van der Waals surface area contributed by atoms with Gasteiger partial charge in [0.15, 0.2) is 5.78 Å². The molecule has 5 heteroatoms. The molecule has 0 saturated heterocycles. The molecule has 1 rings (SSSR count). The smallest absolute Gasteiger partial charge is 0.316 e. The van der Waals surface area contributed by atoms with E-state index in [0.29, 0.717) is 5.71 Å². The van der Waals surface area contributed by atoms with Gasteiger partial charge in [-0.1, -0.05) is 13.8 Å². The first kappa shape index (κ1) is 16.4. The summed E-state index contributed by atoms with van der Waals surface area (Å²) < 4.78 is 4.76. The van der Waals surface area contributed by atoms with E-state index in [1.165, 1.54) is 7.11 Å². The lowest BCUT2D eigenvalue weighted by Gasteiger charge is -2.36. The molecule has 1 aliphatic carbocycles. The van der Waals surface area contributed by atoms with E-state index in [2.05, 4.69) is 4.99 Å². The Morgan fingerprint density at radius 2 is 2.00 bits per heavy atom. The molecule has 0 aromatic rings. The number of aliphatic imine (C=N–C) groups is 1. The highest BCUT2D eigenvalue weighted by atomic mass is 16.5. The van der Waals surface area contributed by atoms with Crippen LogP contribution in [-0.2, 0) is 14.3 Å². The van der Waals surface area contributed by atoms with Gasteiger partial charge in [0.2, 0.25) is 0 Å². The minimum Gasteiger partial charge on any atom is -0.511 e. The Balaban J connectivity index is 3.41. The van der Waals surface area contributed by atoms with Crippen molar-refractivity contribution in [3.63, 3.8) is 0 Å². The van der Waals surface area contributed by atoms with Gasteiger partial charge in [0.25, 0.3) is 0 Å². The van der Waals surface area contributed by atoms with Crippen LogP contribution in [0.2, 0.25) is 0 Å². The number of nitrogens with zero attached hydrogens (tertiary/aromatic N) is 1. The second kappa shape index (κ2) is 5.77. The number of methoxy groups -OCH3 is 1. The number of rotatable bonds is 3. The molecule has 0 heterocycles. The van der Waals surface area contributed by atoms with Crippen LogP contribution in [0.25, 0.3) is 0 Å². The number of carbonyl (C=O) groups is 2. The predicted octanol–water partition coefficient (Wildman–Crippen LogP) is 2.46. The highest BCUT2D eigenvalue weighted by molar-refractivity contribution is 6.23. The van der Waals surface area contributed by atoms with Crippen LogP contribution < -0.4 is 0 Å². The first-order valence-electron chi connectivity index (χ1n) is 6.70. The summed E-state index contributed by atoms with van der Waals surface area (Å²) in [4.78, 5) is 28.5. The number of esters is 1.